The van der Waals surface area contributed by atoms with E-state index in [1.54, 1.807) is 0 Å². The molecule has 2 atom stereocenters. The van der Waals surface area contributed by atoms with Crippen LogP contribution in [0, 0.1) is 5.41 Å². The van der Waals surface area contributed by atoms with Crippen molar-refractivity contribution >= 4 is 15.8 Å². The Morgan fingerprint density at radius 1 is 1.39 bits per heavy atom. The fraction of sp³-hybridized carbons (Fsp3) is 0.917. The number of carbonyl (C=O) groups excluding carboxylic acids is 1. The van der Waals surface area contributed by atoms with Gasteiger partial charge in [-0.15, -0.1) is 0 Å². The largest absolute Gasteiger partial charge is 0.469 e. The van der Waals surface area contributed by atoms with Gasteiger partial charge >= 0.3 is 5.97 Å². The van der Waals surface area contributed by atoms with Crippen LogP contribution in [-0.2, 0) is 19.4 Å². The molecule has 0 radical (unpaired) electrons. The molecule has 2 rings (SSSR count). The van der Waals surface area contributed by atoms with Crippen LogP contribution in [0.4, 0.5) is 0 Å². The molecule has 0 aromatic carbocycles. The minimum absolute atomic E-state index is 0.0907. The molecule has 0 amide bonds. The highest BCUT2D eigenvalue weighted by Gasteiger charge is 2.50. The molecule has 0 aliphatic heterocycles. The molecule has 0 bridgehead atoms. The number of methoxy groups -OCH3 is 1. The van der Waals surface area contributed by atoms with Gasteiger partial charge in [0, 0.05) is 6.04 Å². The van der Waals surface area contributed by atoms with E-state index in [-0.39, 0.29) is 29.6 Å². The van der Waals surface area contributed by atoms with Crippen molar-refractivity contribution in [3.05, 3.63) is 0 Å². The van der Waals surface area contributed by atoms with E-state index >= 15 is 0 Å². The number of hydrogen-bond donors (Lipinski definition) is 1. The van der Waals surface area contributed by atoms with Crippen LogP contribution >= 0.6 is 0 Å². The molecule has 2 aliphatic carbocycles. The summed E-state index contributed by atoms with van der Waals surface area (Å²) in [6.45, 7) is 0. The zero-order valence-electron chi connectivity index (χ0n) is 10.7. The Labute approximate surface area is 108 Å². The van der Waals surface area contributed by atoms with Crippen LogP contribution < -0.4 is 5.73 Å². The normalized spacial score (nSPS) is 30.1. The Morgan fingerprint density at radius 2 is 2.06 bits per heavy atom. The van der Waals surface area contributed by atoms with Crippen molar-refractivity contribution in [1.29, 1.82) is 0 Å². The lowest BCUT2D eigenvalue weighted by Crippen LogP contribution is -2.39. The van der Waals surface area contributed by atoms with E-state index in [4.69, 9.17) is 5.73 Å². The van der Waals surface area contributed by atoms with Gasteiger partial charge in [-0.25, -0.2) is 8.42 Å². The molecular weight excluding hydrogens is 254 g/mol. The van der Waals surface area contributed by atoms with Crippen molar-refractivity contribution in [1.82, 2.24) is 0 Å². The van der Waals surface area contributed by atoms with E-state index in [9.17, 15) is 13.2 Å². The number of nitrogens with two attached hydrogens (primary N) is 1. The number of ether oxygens (including phenoxy) is 1. The van der Waals surface area contributed by atoms with Crippen molar-refractivity contribution in [2.75, 3.05) is 12.9 Å². The highest BCUT2D eigenvalue weighted by Crippen LogP contribution is 2.51. The molecule has 0 aromatic rings. The number of hydrogen-bond acceptors (Lipinski definition) is 5. The second kappa shape index (κ2) is 4.81. The Hall–Kier alpha value is -0.620. The number of rotatable bonds is 5. The average Bonchev–Trinajstić information content (AvgIpc) is 2.86. The molecule has 2 unspecified atom stereocenters. The van der Waals surface area contributed by atoms with E-state index < -0.39 is 15.1 Å². The van der Waals surface area contributed by atoms with E-state index in [0.717, 1.165) is 25.7 Å². The third-order valence-electron chi connectivity index (χ3n) is 4.18. The molecule has 2 saturated carbocycles. The fourth-order valence-corrected chi connectivity index (χ4v) is 5.51. The van der Waals surface area contributed by atoms with E-state index in [1.165, 1.54) is 7.11 Å². The van der Waals surface area contributed by atoms with Gasteiger partial charge in [0.1, 0.15) is 0 Å². The summed E-state index contributed by atoms with van der Waals surface area (Å²) in [5, 5.41) is -0.410. The second-order valence-electron chi connectivity index (χ2n) is 5.69. The summed E-state index contributed by atoms with van der Waals surface area (Å²) >= 11 is 0. The highest BCUT2D eigenvalue weighted by molar-refractivity contribution is 7.92. The summed E-state index contributed by atoms with van der Waals surface area (Å²) in [5.74, 6) is -0.230. The second-order valence-corrected chi connectivity index (χ2v) is 7.91. The first-order chi connectivity index (χ1) is 8.38. The first-order valence-corrected chi connectivity index (χ1v) is 8.14. The standard InChI is InChI=1S/C12H21NO4S/c1-17-11(14)7-12(5-6-12)8-18(15,16)10-4-2-3-9(10)13/h9-10H,2-8,13H2,1H3. The maximum Gasteiger partial charge on any atom is 0.306 e. The topological polar surface area (TPSA) is 86.5 Å². The summed E-state index contributed by atoms with van der Waals surface area (Å²) in [7, 11) is -1.86. The zero-order valence-corrected chi connectivity index (χ0v) is 11.5. The molecule has 104 valence electrons. The van der Waals surface area contributed by atoms with Crippen LogP contribution in [0.25, 0.3) is 0 Å². The minimum Gasteiger partial charge on any atom is -0.469 e. The zero-order chi connectivity index (χ0) is 13.4. The van der Waals surface area contributed by atoms with Gasteiger partial charge in [0.2, 0.25) is 0 Å². The number of esters is 1. The molecule has 0 heterocycles. The third-order valence-corrected chi connectivity index (χ3v) is 6.70. The van der Waals surface area contributed by atoms with Crippen molar-refractivity contribution in [2.45, 2.75) is 49.8 Å². The van der Waals surface area contributed by atoms with Gasteiger partial charge in [-0.05, 0) is 31.1 Å². The highest BCUT2D eigenvalue weighted by atomic mass is 32.2. The molecule has 6 heteroatoms. The van der Waals surface area contributed by atoms with Gasteiger partial charge in [-0.3, -0.25) is 4.79 Å². The summed E-state index contributed by atoms with van der Waals surface area (Å²) in [5.41, 5.74) is 5.49. The fourth-order valence-electron chi connectivity index (χ4n) is 2.86. The Morgan fingerprint density at radius 3 is 2.50 bits per heavy atom. The molecule has 2 N–H and O–H groups in total. The van der Waals surface area contributed by atoms with E-state index in [1.807, 2.05) is 0 Å². The first kappa shape index (κ1) is 13.8. The first-order valence-electron chi connectivity index (χ1n) is 6.43. The third kappa shape index (κ3) is 2.85. The molecular formula is C12H21NO4S. The summed E-state index contributed by atoms with van der Waals surface area (Å²) in [4.78, 5) is 11.3. The average molecular weight is 275 g/mol. The number of sulfone groups is 1. The van der Waals surface area contributed by atoms with Gasteiger partial charge < -0.3 is 10.5 Å². The lowest BCUT2D eigenvalue weighted by atomic mass is 10.1. The predicted octanol–water partition coefficient (Wildman–Crippen LogP) is 0.624. The smallest absolute Gasteiger partial charge is 0.306 e. The van der Waals surface area contributed by atoms with Crippen molar-refractivity contribution < 1.29 is 17.9 Å². The predicted molar refractivity (Wildman–Crippen MR) is 67.7 cm³/mol. The summed E-state index contributed by atoms with van der Waals surface area (Å²) < 4.78 is 29.3. The van der Waals surface area contributed by atoms with Gasteiger partial charge in [0.15, 0.2) is 9.84 Å². The Kier molecular flexibility index (Phi) is 3.69. The van der Waals surface area contributed by atoms with Crippen LogP contribution in [0.2, 0.25) is 0 Å². The molecule has 0 spiro atoms. The van der Waals surface area contributed by atoms with Crippen molar-refractivity contribution in [3.8, 4) is 0 Å². The minimum atomic E-state index is -3.19. The van der Waals surface area contributed by atoms with Gasteiger partial charge in [-0.2, -0.15) is 0 Å². The molecule has 2 aliphatic rings. The van der Waals surface area contributed by atoms with Gasteiger partial charge in [-0.1, -0.05) is 6.42 Å². The monoisotopic (exact) mass is 275 g/mol. The summed E-state index contributed by atoms with van der Waals surface area (Å²) in [6, 6.07) is -0.232. The lowest BCUT2D eigenvalue weighted by Gasteiger charge is -2.20. The van der Waals surface area contributed by atoms with Gasteiger partial charge in [0.05, 0.1) is 24.5 Å². The van der Waals surface area contributed by atoms with Crippen LogP contribution in [0.3, 0.4) is 0 Å². The SMILES string of the molecule is COC(=O)CC1(CS(=O)(=O)C2CCCC2N)CC1. The van der Waals surface area contributed by atoms with Gasteiger partial charge in [0.25, 0.3) is 0 Å². The molecule has 18 heavy (non-hydrogen) atoms. The lowest BCUT2D eigenvalue weighted by molar-refractivity contribution is -0.141. The van der Waals surface area contributed by atoms with Crippen LogP contribution in [-0.4, -0.2) is 38.5 Å². The maximum absolute atomic E-state index is 12.3. The Bertz CT molecular complexity index is 427. The number of carbonyl (C=O) groups is 1. The molecule has 0 saturated heterocycles. The summed E-state index contributed by atoms with van der Waals surface area (Å²) in [6.07, 6.45) is 4.14. The molecule has 2 fully saturated rings. The quantitative estimate of drug-likeness (QED) is 0.743. The van der Waals surface area contributed by atoms with Crippen LogP contribution in [0.15, 0.2) is 0 Å². The van der Waals surface area contributed by atoms with E-state index in [2.05, 4.69) is 4.74 Å². The Balaban J connectivity index is 2.02. The molecule has 0 aromatic heterocycles. The van der Waals surface area contributed by atoms with Crippen molar-refractivity contribution in [2.24, 2.45) is 11.1 Å². The van der Waals surface area contributed by atoms with Crippen LogP contribution in [0.1, 0.15) is 38.5 Å². The van der Waals surface area contributed by atoms with Crippen molar-refractivity contribution in [3.63, 3.8) is 0 Å². The van der Waals surface area contributed by atoms with E-state index in [0.29, 0.717) is 6.42 Å². The molecule has 5 nitrogen and oxygen atoms in total. The van der Waals surface area contributed by atoms with Crippen LogP contribution in [0.5, 0.6) is 0 Å². The maximum atomic E-state index is 12.3.